The van der Waals surface area contributed by atoms with Crippen LogP contribution < -0.4 is 5.32 Å². The van der Waals surface area contributed by atoms with Gasteiger partial charge in [0.2, 0.25) is 0 Å². The number of halogens is 3. The van der Waals surface area contributed by atoms with Crippen LogP contribution in [0.5, 0.6) is 0 Å². The number of nitrogens with one attached hydrogen (secondary N) is 1. The average molecular weight is 451 g/mol. The quantitative estimate of drug-likeness (QED) is 0.652. The van der Waals surface area contributed by atoms with Crippen LogP contribution in [0.1, 0.15) is 40.9 Å². The number of alkyl halides is 3. The Hall–Kier alpha value is -2.42. The van der Waals surface area contributed by atoms with E-state index in [0.29, 0.717) is 17.7 Å². The highest BCUT2D eigenvalue weighted by Crippen LogP contribution is 2.17. The van der Waals surface area contributed by atoms with Gasteiger partial charge in [-0.15, -0.1) is 0 Å². The number of hydrogen-bond donors (Lipinski definition) is 1. The molecule has 2 unspecified atom stereocenters. The van der Waals surface area contributed by atoms with Gasteiger partial charge in [0, 0.05) is 31.7 Å². The Kier molecular flexibility index (Phi) is 8.28. The SMILES string of the molecule is CC1CN(Cc2ccc(CNC(=O)c3ccc(COCC(F)(F)F)cc3)cc2)CC(C)O1. The lowest BCUT2D eigenvalue weighted by Gasteiger charge is -2.35. The fourth-order valence-corrected chi connectivity index (χ4v) is 3.76. The Balaban J connectivity index is 1.44. The Morgan fingerprint density at radius 2 is 1.56 bits per heavy atom. The summed E-state index contributed by atoms with van der Waals surface area (Å²) in [5.41, 5.74) is 3.22. The van der Waals surface area contributed by atoms with Crippen LogP contribution in [0.3, 0.4) is 0 Å². The van der Waals surface area contributed by atoms with Crippen molar-refractivity contribution >= 4 is 5.91 Å². The summed E-state index contributed by atoms with van der Waals surface area (Å²) in [4.78, 5) is 14.7. The molecule has 1 fully saturated rings. The van der Waals surface area contributed by atoms with Crippen molar-refractivity contribution < 1.29 is 27.4 Å². The predicted octanol–water partition coefficient (Wildman–Crippen LogP) is 4.30. The van der Waals surface area contributed by atoms with Gasteiger partial charge in [0.1, 0.15) is 6.61 Å². The third-order valence-electron chi connectivity index (χ3n) is 5.13. The monoisotopic (exact) mass is 450 g/mol. The van der Waals surface area contributed by atoms with E-state index in [9.17, 15) is 18.0 Å². The number of benzene rings is 2. The molecule has 174 valence electrons. The van der Waals surface area contributed by atoms with Crippen LogP contribution in [0.2, 0.25) is 0 Å². The molecule has 8 heteroatoms. The molecule has 0 aromatic heterocycles. The maximum absolute atomic E-state index is 12.4. The summed E-state index contributed by atoms with van der Waals surface area (Å²) in [5, 5.41) is 2.86. The molecule has 5 nitrogen and oxygen atoms in total. The van der Waals surface area contributed by atoms with Crippen LogP contribution in [0, 0.1) is 0 Å². The number of rotatable bonds is 8. The molecule has 1 heterocycles. The number of hydrogen-bond acceptors (Lipinski definition) is 4. The van der Waals surface area contributed by atoms with Gasteiger partial charge >= 0.3 is 6.18 Å². The van der Waals surface area contributed by atoms with Crippen LogP contribution >= 0.6 is 0 Å². The van der Waals surface area contributed by atoms with E-state index in [-0.39, 0.29) is 24.7 Å². The van der Waals surface area contributed by atoms with Gasteiger partial charge in [-0.2, -0.15) is 13.2 Å². The van der Waals surface area contributed by atoms with Crippen LogP contribution in [0.15, 0.2) is 48.5 Å². The van der Waals surface area contributed by atoms with Gasteiger partial charge in [-0.05, 0) is 42.7 Å². The van der Waals surface area contributed by atoms with Crippen molar-refractivity contribution in [1.82, 2.24) is 10.2 Å². The molecule has 0 bridgehead atoms. The second-order valence-corrected chi connectivity index (χ2v) is 8.26. The summed E-state index contributed by atoms with van der Waals surface area (Å²) < 4.78 is 46.8. The van der Waals surface area contributed by atoms with Gasteiger partial charge in [-0.1, -0.05) is 36.4 Å². The molecule has 2 atom stereocenters. The molecule has 1 aliphatic rings. The zero-order valence-corrected chi connectivity index (χ0v) is 18.3. The predicted molar refractivity (Wildman–Crippen MR) is 115 cm³/mol. The first-order valence-corrected chi connectivity index (χ1v) is 10.7. The molecule has 0 radical (unpaired) electrons. The van der Waals surface area contributed by atoms with Crippen molar-refractivity contribution in [3.8, 4) is 0 Å². The Morgan fingerprint density at radius 1 is 1.00 bits per heavy atom. The molecule has 1 N–H and O–H groups in total. The van der Waals surface area contributed by atoms with Crippen molar-refractivity contribution in [1.29, 1.82) is 0 Å². The maximum atomic E-state index is 12.4. The highest BCUT2D eigenvalue weighted by molar-refractivity contribution is 5.94. The number of ether oxygens (including phenoxy) is 2. The third-order valence-corrected chi connectivity index (χ3v) is 5.13. The minimum Gasteiger partial charge on any atom is -0.373 e. The Morgan fingerprint density at radius 3 is 2.16 bits per heavy atom. The molecule has 1 amide bonds. The molecule has 32 heavy (non-hydrogen) atoms. The minimum absolute atomic E-state index is 0.157. The van der Waals surface area contributed by atoms with E-state index >= 15 is 0 Å². The first-order valence-electron chi connectivity index (χ1n) is 10.7. The highest BCUT2D eigenvalue weighted by atomic mass is 19.4. The van der Waals surface area contributed by atoms with Crippen molar-refractivity contribution in [2.45, 2.75) is 51.9 Å². The Labute approximate surface area is 186 Å². The van der Waals surface area contributed by atoms with Gasteiger partial charge in [-0.25, -0.2) is 0 Å². The molecule has 2 aromatic rings. The molecule has 0 aliphatic carbocycles. The van der Waals surface area contributed by atoms with Crippen molar-refractivity contribution in [3.05, 3.63) is 70.8 Å². The molecule has 1 aliphatic heterocycles. The summed E-state index contributed by atoms with van der Waals surface area (Å²) in [7, 11) is 0. The molecular weight excluding hydrogens is 421 g/mol. The van der Waals surface area contributed by atoms with E-state index in [0.717, 1.165) is 25.2 Å². The van der Waals surface area contributed by atoms with E-state index in [4.69, 9.17) is 4.74 Å². The van der Waals surface area contributed by atoms with Crippen LogP contribution in [0.25, 0.3) is 0 Å². The number of carbonyl (C=O) groups excluding carboxylic acids is 1. The summed E-state index contributed by atoms with van der Waals surface area (Å²) >= 11 is 0. The van der Waals surface area contributed by atoms with Crippen molar-refractivity contribution in [2.24, 2.45) is 0 Å². The molecular formula is C24H29F3N2O3. The number of morpholine rings is 1. The molecule has 1 saturated heterocycles. The minimum atomic E-state index is -4.35. The zero-order chi connectivity index (χ0) is 23.1. The van der Waals surface area contributed by atoms with Gasteiger partial charge in [-0.3, -0.25) is 9.69 Å². The van der Waals surface area contributed by atoms with E-state index in [1.165, 1.54) is 5.56 Å². The van der Waals surface area contributed by atoms with Gasteiger partial charge in [0.25, 0.3) is 5.91 Å². The van der Waals surface area contributed by atoms with Crippen molar-refractivity contribution in [2.75, 3.05) is 19.7 Å². The third kappa shape index (κ3) is 7.93. The van der Waals surface area contributed by atoms with Crippen LogP contribution in [0.4, 0.5) is 13.2 Å². The maximum Gasteiger partial charge on any atom is 0.411 e. The lowest BCUT2D eigenvalue weighted by Crippen LogP contribution is -2.44. The fraction of sp³-hybridized carbons (Fsp3) is 0.458. The zero-order valence-electron chi connectivity index (χ0n) is 18.3. The second kappa shape index (κ2) is 10.9. The smallest absolute Gasteiger partial charge is 0.373 e. The van der Waals surface area contributed by atoms with Gasteiger partial charge < -0.3 is 14.8 Å². The van der Waals surface area contributed by atoms with E-state index in [1.807, 2.05) is 12.1 Å². The average Bonchev–Trinajstić information content (AvgIpc) is 2.72. The number of carbonyl (C=O) groups is 1. The highest BCUT2D eigenvalue weighted by Gasteiger charge is 2.27. The van der Waals surface area contributed by atoms with E-state index < -0.39 is 12.8 Å². The van der Waals surface area contributed by atoms with Gasteiger partial charge in [0.15, 0.2) is 0 Å². The standard InChI is InChI=1S/C24H29F3N2O3/c1-17-12-29(13-18(2)32-17)14-20-5-3-19(4-6-20)11-28-23(30)22-9-7-21(8-10-22)15-31-16-24(25,26)27/h3-10,17-18H,11-16H2,1-2H3,(H,28,30). The lowest BCUT2D eigenvalue weighted by atomic mass is 10.1. The topological polar surface area (TPSA) is 50.8 Å². The summed E-state index contributed by atoms with van der Waals surface area (Å²) in [6.07, 6.45) is -3.89. The van der Waals surface area contributed by atoms with Gasteiger partial charge in [0.05, 0.1) is 18.8 Å². The summed E-state index contributed by atoms with van der Waals surface area (Å²) in [6, 6.07) is 14.5. The number of amides is 1. The summed E-state index contributed by atoms with van der Waals surface area (Å²) in [5.74, 6) is -0.242. The first kappa shape index (κ1) is 24.2. The van der Waals surface area contributed by atoms with E-state index in [2.05, 4.69) is 40.9 Å². The molecule has 0 saturated carbocycles. The first-order chi connectivity index (χ1) is 15.2. The molecule has 0 spiro atoms. The van der Waals surface area contributed by atoms with Crippen LogP contribution in [-0.4, -0.2) is 48.9 Å². The largest absolute Gasteiger partial charge is 0.411 e. The normalized spacial score (nSPS) is 19.7. The lowest BCUT2D eigenvalue weighted by molar-refractivity contribution is -0.176. The van der Waals surface area contributed by atoms with Crippen molar-refractivity contribution in [3.63, 3.8) is 0 Å². The number of nitrogens with zero attached hydrogens (tertiary/aromatic N) is 1. The molecule has 3 rings (SSSR count). The summed E-state index contributed by atoms with van der Waals surface area (Å²) in [6.45, 7) is 5.80. The molecule has 2 aromatic carbocycles. The van der Waals surface area contributed by atoms with E-state index in [1.54, 1.807) is 24.3 Å². The fourth-order valence-electron chi connectivity index (χ4n) is 3.76. The second-order valence-electron chi connectivity index (χ2n) is 8.26. The Bertz CT molecular complexity index is 860. The van der Waals surface area contributed by atoms with Crippen LogP contribution in [-0.2, 0) is 29.2 Å².